The smallest absolute Gasteiger partial charge is 0.274 e. The van der Waals surface area contributed by atoms with Gasteiger partial charge in [-0.25, -0.2) is 9.97 Å². The Morgan fingerprint density at radius 1 is 1.07 bits per heavy atom. The molecule has 0 unspecified atom stereocenters. The van der Waals surface area contributed by atoms with Crippen LogP contribution in [0.5, 0.6) is 0 Å². The van der Waals surface area contributed by atoms with E-state index < -0.39 is 0 Å². The molecule has 2 heterocycles. The molecule has 1 N–H and O–H groups in total. The number of hydrogen-bond donors (Lipinski definition) is 1. The highest BCUT2D eigenvalue weighted by molar-refractivity contribution is 6.03. The number of nitrogens with one attached hydrogen (secondary N) is 1. The molecule has 27 heavy (non-hydrogen) atoms. The van der Waals surface area contributed by atoms with E-state index in [9.17, 15) is 4.79 Å². The number of hydrogen-bond acceptors (Lipinski definition) is 5. The molecule has 0 radical (unpaired) electrons. The molecule has 0 fully saturated rings. The zero-order valence-electron chi connectivity index (χ0n) is 14.6. The molecule has 0 spiro atoms. The molecule has 0 bridgehead atoms. The van der Waals surface area contributed by atoms with Crippen LogP contribution in [0.1, 0.15) is 27.2 Å². The number of rotatable bonds is 3. The van der Waals surface area contributed by atoms with Crippen LogP contribution in [0.2, 0.25) is 0 Å². The van der Waals surface area contributed by atoms with Gasteiger partial charge in [-0.3, -0.25) is 4.79 Å². The van der Waals surface area contributed by atoms with Crippen molar-refractivity contribution in [1.29, 1.82) is 5.26 Å². The highest BCUT2D eigenvalue weighted by Crippen LogP contribution is 2.23. The van der Waals surface area contributed by atoms with E-state index >= 15 is 0 Å². The van der Waals surface area contributed by atoms with Gasteiger partial charge in [-0.1, -0.05) is 30.3 Å². The third-order valence-corrected chi connectivity index (χ3v) is 4.59. The number of aromatic nitrogens is 2. The Morgan fingerprint density at radius 3 is 2.78 bits per heavy atom. The van der Waals surface area contributed by atoms with Crippen molar-refractivity contribution in [2.45, 2.75) is 13.0 Å². The molecule has 132 valence electrons. The van der Waals surface area contributed by atoms with Crippen LogP contribution in [0.15, 0.2) is 60.9 Å². The topological polar surface area (TPSA) is 81.9 Å². The first kappa shape index (κ1) is 16.7. The van der Waals surface area contributed by atoms with Gasteiger partial charge < -0.3 is 10.2 Å². The number of benzene rings is 2. The number of carbonyl (C=O) groups excluding carboxylic acids is 1. The van der Waals surface area contributed by atoms with Crippen molar-refractivity contribution < 1.29 is 4.79 Å². The van der Waals surface area contributed by atoms with Gasteiger partial charge in [0.1, 0.15) is 17.8 Å². The van der Waals surface area contributed by atoms with Gasteiger partial charge in [0.05, 0.1) is 11.6 Å². The van der Waals surface area contributed by atoms with Crippen molar-refractivity contribution in [2.24, 2.45) is 0 Å². The molecule has 0 atom stereocenters. The van der Waals surface area contributed by atoms with Crippen LogP contribution >= 0.6 is 0 Å². The maximum absolute atomic E-state index is 12.5. The average Bonchev–Trinajstić information content (AvgIpc) is 2.73. The lowest BCUT2D eigenvalue weighted by Crippen LogP contribution is -2.31. The third kappa shape index (κ3) is 3.62. The Bertz CT molecular complexity index is 1040. The van der Waals surface area contributed by atoms with Crippen LogP contribution in [0, 0.1) is 11.3 Å². The second-order valence-electron chi connectivity index (χ2n) is 6.35. The first-order valence-electron chi connectivity index (χ1n) is 8.68. The molecular formula is C21H17N5O. The van der Waals surface area contributed by atoms with Gasteiger partial charge in [0.2, 0.25) is 0 Å². The summed E-state index contributed by atoms with van der Waals surface area (Å²) in [5.41, 5.74) is 3.98. The van der Waals surface area contributed by atoms with E-state index in [0.29, 0.717) is 16.9 Å². The number of nitrogens with zero attached hydrogens (tertiary/aromatic N) is 4. The van der Waals surface area contributed by atoms with Gasteiger partial charge in [0.25, 0.3) is 5.91 Å². The fraction of sp³-hybridized carbons (Fsp3) is 0.143. The zero-order valence-corrected chi connectivity index (χ0v) is 14.6. The molecular weight excluding hydrogens is 338 g/mol. The highest BCUT2D eigenvalue weighted by atomic mass is 16.1. The first-order chi connectivity index (χ1) is 13.2. The summed E-state index contributed by atoms with van der Waals surface area (Å²) in [4.78, 5) is 23.1. The Balaban J connectivity index is 1.52. The normalized spacial score (nSPS) is 12.8. The van der Waals surface area contributed by atoms with E-state index in [-0.39, 0.29) is 5.91 Å². The summed E-state index contributed by atoms with van der Waals surface area (Å²) in [6.45, 7) is 1.61. The van der Waals surface area contributed by atoms with Gasteiger partial charge in [-0.05, 0) is 35.7 Å². The summed E-state index contributed by atoms with van der Waals surface area (Å²) in [7, 11) is 0. The van der Waals surface area contributed by atoms with Crippen molar-refractivity contribution in [3.8, 4) is 6.07 Å². The van der Waals surface area contributed by atoms with Crippen LogP contribution in [0.3, 0.4) is 0 Å². The van der Waals surface area contributed by atoms with E-state index in [1.165, 1.54) is 17.5 Å². The summed E-state index contributed by atoms with van der Waals surface area (Å²) >= 11 is 0. The van der Waals surface area contributed by atoms with Gasteiger partial charge >= 0.3 is 0 Å². The molecule has 1 amide bonds. The van der Waals surface area contributed by atoms with Crippen LogP contribution in [-0.4, -0.2) is 22.4 Å². The van der Waals surface area contributed by atoms with Crippen molar-refractivity contribution >= 4 is 17.4 Å². The number of carbonyl (C=O) groups is 1. The van der Waals surface area contributed by atoms with Crippen LogP contribution < -0.4 is 10.2 Å². The molecule has 3 aromatic rings. The Kier molecular flexibility index (Phi) is 4.50. The van der Waals surface area contributed by atoms with Crippen molar-refractivity contribution in [2.75, 3.05) is 16.8 Å². The van der Waals surface area contributed by atoms with Gasteiger partial charge in [0, 0.05) is 24.8 Å². The molecule has 6 nitrogen and oxygen atoms in total. The fourth-order valence-electron chi connectivity index (χ4n) is 3.20. The van der Waals surface area contributed by atoms with E-state index in [1.54, 1.807) is 30.3 Å². The first-order valence-corrected chi connectivity index (χ1v) is 8.68. The Hall–Kier alpha value is -3.72. The van der Waals surface area contributed by atoms with Crippen LogP contribution in [0.25, 0.3) is 0 Å². The molecule has 1 aliphatic rings. The van der Waals surface area contributed by atoms with Crippen molar-refractivity contribution in [3.63, 3.8) is 0 Å². The summed E-state index contributed by atoms with van der Waals surface area (Å²) in [6, 6.07) is 18.9. The van der Waals surface area contributed by atoms with E-state index in [0.717, 1.165) is 25.3 Å². The minimum absolute atomic E-state index is 0.293. The predicted molar refractivity (Wildman–Crippen MR) is 102 cm³/mol. The van der Waals surface area contributed by atoms with Gasteiger partial charge in [-0.2, -0.15) is 5.26 Å². The molecule has 1 aliphatic heterocycles. The molecule has 6 heteroatoms. The molecule has 1 aromatic heterocycles. The fourth-order valence-corrected chi connectivity index (χ4v) is 3.20. The average molecular weight is 355 g/mol. The van der Waals surface area contributed by atoms with Crippen molar-refractivity contribution in [3.05, 3.63) is 83.3 Å². The Morgan fingerprint density at radius 2 is 1.93 bits per heavy atom. The van der Waals surface area contributed by atoms with Gasteiger partial charge in [-0.15, -0.1) is 0 Å². The summed E-state index contributed by atoms with van der Waals surface area (Å²) < 4.78 is 0. The lowest BCUT2D eigenvalue weighted by molar-refractivity contribution is 0.102. The van der Waals surface area contributed by atoms with Crippen LogP contribution in [-0.2, 0) is 13.0 Å². The molecule has 2 aromatic carbocycles. The minimum atomic E-state index is -0.328. The van der Waals surface area contributed by atoms with Crippen LogP contribution in [0.4, 0.5) is 11.5 Å². The SMILES string of the molecule is N#Cc1cccc(NC(=O)c2cc(N3CCc4ccccc4C3)ncn2)c1. The maximum atomic E-state index is 12.5. The lowest BCUT2D eigenvalue weighted by Gasteiger charge is -2.29. The van der Waals surface area contributed by atoms with Crippen molar-refractivity contribution in [1.82, 2.24) is 9.97 Å². The number of fused-ring (bicyclic) bond motifs is 1. The quantitative estimate of drug-likeness (QED) is 0.780. The Labute approximate surface area is 157 Å². The zero-order chi connectivity index (χ0) is 18.6. The second-order valence-corrected chi connectivity index (χ2v) is 6.35. The second kappa shape index (κ2) is 7.26. The van der Waals surface area contributed by atoms with E-state index in [4.69, 9.17) is 5.26 Å². The number of nitriles is 1. The summed E-state index contributed by atoms with van der Waals surface area (Å²) in [6.07, 6.45) is 2.36. The minimum Gasteiger partial charge on any atom is -0.352 e. The monoisotopic (exact) mass is 355 g/mol. The third-order valence-electron chi connectivity index (χ3n) is 4.59. The largest absolute Gasteiger partial charge is 0.352 e. The predicted octanol–water partition coefficient (Wildman–Crippen LogP) is 3.16. The molecule has 0 aliphatic carbocycles. The molecule has 0 saturated carbocycles. The lowest BCUT2D eigenvalue weighted by atomic mass is 10.00. The standard InChI is InChI=1S/C21H17N5O/c22-12-15-4-3-7-18(10-15)25-21(27)19-11-20(24-14-23-19)26-9-8-16-5-1-2-6-17(16)13-26/h1-7,10-11,14H,8-9,13H2,(H,25,27). The molecule has 0 saturated heterocycles. The van der Waals surface area contributed by atoms with E-state index in [2.05, 4.69) is 44.5 Å². The summed E-state index contributed by atoms with van der Waals surface area (Å²) in [5.74, 6) is 0.404. The summed E-state index contributed by atoms with van der Waals surface area (Å²) in [5, 5.41) is 11.8. The number of amides is 1. The highest BCUT2D eigenvalue weighted by Gasteiger charge is 2.18. The number of anilines is 2. The maximum Gasteiger partial charge on any atom is 0.274 e. The van der Waals surface area contributed by atoms with E-state index in [1.807, 2.05) is 6.07 Å². The molecule has 4 rings (SSSR count). The van der Waals surface area contributed by atoms with Gasteiger partial charge in [0.15, 0.2) is 0 Å².